The Balaban J connectivity index is 0.000000383. The molecular weight excluding hydrogens is 441 g/mol. The summed E-state index contributed by atoms with van der Waals surface area (Å²) in [6.45, 7) is 8.42. The number of carbonyl (C=O) groups is 2. The predicted octanol–water partition coefficient (Wildman–Crippen LogP) is 4.41. The zero-order valence-corrected chi connectivity index (χ0v) is 18.9. The fourth-order valence-corrected chi connectivity index (χ4v) is 4.52. The molecule has 33 heavy (non-hydrogen) atoms. The minimum Gasteiger partial charge on any atom is -0.493 e. The number of alkyl halides is 3. The first-order valence-corrected chi connectivity index (χ1v) is 10.9. The van der Waals surface area contributed by atoms with Crippen molar-refractivity contribution in [2.75, 3.05) is 33.3 Å². The van der Waals surface area contributed by atoms with Gasteiger partial charge in [-0.1, -0.05) is 26.0 Å². The molecule has 182 valence electrons. The third-order valence-electron chi connectivity index (χ3n) is 6.13. The highest BCUT2D eigenvalue weighted by Gasteiger charge is 2.48. The van der Waals surface area contributed by atoms with Crippen molar-refractivity contribution in [2.24, 2.45) is 5.92 Å². The molecule has 2 saturated heterocycles. The van der Waals surface area contributed by atoms with E-state index >= 15 is 0 Å². The first-order valence-electron chi connectivity index (χ1n) is 10.9. The summed E-state index contributed by atoms with van der Waals surface area (Å²) in [5.41, 5.74) is 0.831. The van der Waals surface area contributed by atoms with Gasteiger partial charge in [0, 0.05) is 37.1 Å². The van der Waals surface area contributed by atoms with Gasteiger partial charge in [0.25, 0.3) is 5.91 Å². The molecule has 1 aromatic carbocycles. The Labute approximate surface area is 190 Å². The zero-order valence-electron chi connectivity index (χ0n) is 18.9. The van der Waals surface area contributed by atoms with E-state index in [1.54, 1.807) is 7.11 Å². The molecule has 0 saturated carbocycles. The maximum absolute atomic E-state index is 13.1. The van der Waals surface area contributed by atoms with E-state index < -0.39 is 12.1 Å². The van der Waals surface area contributed by atoms with Gasteiger partial charge in [0.1, 0.15) is 0 Å². The molecule has 0 bridgehead atoms. The van der Waals surface area contributed by atoms with Crippen LogP contribution in [0.5, 0.6) is 5.75 Å². The number of likely N-dealkylation sites (tertiary alicyclic amines) is 2. The first-order chi connectivity index (χ1) is 15.5. The molecule has 0 radical (unpaired) electrons. The molecule has 3 heterocycles. The number of carboxylic acid groups (broad SMARTS) is 1. The number of benzene rings is 1. The average Bonchev–Trinajstić information content (AvgIpc) is 3.20. The van der Waals surface area contributed by atoms with E-state index in [2.05, 4.69) is 18.7 Å². The van der Waals surface area contributed by atoms with E-state index in [-0.39, 0.29) is 11.4 Å². The Hall–Kier alpha value is -2.75. The maximum Gasteiger partial charge on any atom is 0.490 e. The molecule has 1 amide bonds. The smallest absolute Gasteiger partial charge is 0.490 e. The average molecular weight is 470 g/mol. The number of amides is 1. The van der Waals surface area contributed by atoms with Crippen molar-refractivity contribution in [3.05, 3.63) is 30.0 Å². The summed E-state index contributed by atoms with van der Waals surface area (Å²) >= 11 is 0. The summed E-state index contributed by atoms with van der Waals surface area (Å²) in [4.78, 5) is 26.6. The van der Waals surface area contributed by atoms with Gasteiger partial charge in [-0.05, 0) is 37.3 Å². The Morgan fingerprint density at radius 2 is 1.94 bits per heavy atom. The van der Waals surface area contributed by atoms with Gasteiger partial charge in [-0.15, -0.1) is 0 Å². The molecule has 4 rings (SSSR count). The number of carboxylic acids is 1. The van der Waals surface area contributed by atoms with Gasteiger partial charge >= 0.3 is 12.1 Å². The number of fused-ring (bicyclic) bond motifs is 1. The number of rotatable bonds is 4. The number of furan rings is 1. The number of methoxy groups -OCH3 is 1. The summed E-state index contributed by atoms with van der Waals surface area (Å²) in [7, 11) is 1.62. The molecule has 1 atom stereocenters. The van der Waals surface area contributed by atoms with Crippen molar-refractivity contribution in [2.45, 2.75) is 44.8 Å². The van der Waals surface area contributed by atoms with Crippen molar-refractivity contribution in [3.8, 4) is 5.75 Å². The SMILES string of the molecule is COc1cccc2cc(C(=O)N3CCCC4(CCN4CC(C)C)C3)oc12.O=C(O)C(F)(F)F. The number of para-hydroxylation sites is 1. The van der Waals surface area contributed by atoms with Crippen LogP contribution >= 0.6 is 0 Å². The summed E-state index contributed by atoms with van der Waals surface area (Å²) in [5.74, 6) is -1.03. The summed E-state index contributed by atoms with van der Waals surface area (Å²) in [5, 5.41) is 8.03. The molecular formula is C23H29F3N2O5. The van der Waals surface area contributed by atoms with Crippen LogP contribution in [0.2, 0.25) is 0 Å². The fourth-order valence-electron chi connectivity index (χ4n) is 4.52. The van der Waals surface area contributed by atoms with Crippen LogP contribution in [-0.2, 0) is 4.79 Å². The van der Waals surface area contributed by atoms with Crippen LogP contribution in [0.25, 0.3) is 11.0 Å². The first kappa shape index (κ1) is 24.9. The van der Waals surface area contributed by atoms with Crippen molar-refractivity contribution in [1.29, 1.82) is 0 Å². The zero-order chi connectivity index (χ0) is 24.4. The fraction of sp³-hybridized carbons (Fsp3) is 0.565. The highest BCUT2D eigenvalue weighted by atomic mass is 19.4. The van der Waals surface area contributed by atoms with E-state index in [1.165, 1.54) is 12.8 Å². The number of halogens is 3. The minimum atomic E-state index is -5.08. The highest BCUT2D eigenvalue weighted by molar-refractivity contribution is 5.97. The molecule has 2 aromatic rings. The summed E-state index contributed by atoms with van der Waals surface area (Å²) < 4.78 is 43.0. The Morgan fingerprint density at radius 1 is 1.24 bits per heavy atom. The number of hydrogen-bond donors (Lipinski definition) is 1. The summed E-state index contributed by atoms with van der Waals surface area (Å²) in [6.07, 6.45) is -1.64. The number of aliphatic carboxylic acids is 1. The van der Waals surface area contributed by atoms with Crippen molar-refractivity contribution in [3.63, 3.8) is 0 Å². The lowest BCUT2D eigenvalue weighted by Gasteiger charge is -2.57. The van der Waals surface area contributed by atoms with Crippen LogP contribution in [0.3, 0.4) is 0 Å². The van der Waals surface area contributed by atoms with Crippen molar-refractivity contribution < 1.29 is 37.0 Å². The lowest BCUT2D eigenvalue weighted by Crippen LogP contribution is -2.67. The van der Waals surface area contributed by atoms with Gasteiger partial charge in [0.2, 0.25) is 0 Å². The van der Waals surface area contributed by atoms with Gasteiger partial charge in [-0.2, -0.15) is 13.2 Å². The number of hydrogen-bond acceptors (Lipinski definition) is 5. The van der Waals surface area contributed by atoms with Crippen LogP contribution in [0.4, 0.5) is 13.2 Å². The topological polar surface area (TPSA) is 83.2 Å². The number of ether oxygens (including phenoxy) is 1. The molecule has 2 fully saturated rings. The normalized spacial score (nSPS) is 21.0. The number of piperidine rings is 1. The van der Waals surface area contributed by atoms with Crippen molar-refractivity contribution >= 4 is 22.8 Å². The molecule has 2 aliphatic rings. The molecule has 1 N–H and O–H groups in total. The van der Waals surface area contributed by atoms with E-state index in [4.69, 9.17) is 19.1 Å². The molecule has 10 heteroatoms. The molecule has 1 aromatic heterocycles. The van der Waals surface area contributed by atoms with Gasteiger partial charge in [-0.3, -0.25) is 9.69 Å². The second-order valence-electron chi connectivity index (χ2n) is 8.94. The standard InChI is InChI=1S/C21H28N2O3.C2HF3O2/c1-15(2)13-23-11-9-21(23)8-5-10-22(14-21)20(24)18-12-16-6-4-7-17(25-3)19(16)26-18;3-2(4,5)1(6)7/h4,6-7,12,15H,5,8-11,13-14H2,1-3H3;(H,6,7). The predicted molar refractivity (Wildman–Crippen MR) is 115 cm³/mol. The Kier molecular flexibility index (Phi) is 7.26. The van der Waals surface area contributed by atoms with E-state index in [0.717, 1.165) is 38.0 Å². The van der Waals surface area contributed by atoms with Crippen LogP contribution in [0.1, 0.15) is 43.7 Å². The minimum absolute atomic E-state index is 0.00118. The number of carbonyl (C=O) groups excluding carboxylic acids is 1. The van der Waals surface area contributed by atoms with Crippen LogP contribution < -0.4 is 4.74 Å². The third kappa shape index (κ3) is 5.43. The van der Waals surface area contributed by atoms with E-state index in [1.807, 2.05) is 29.2 Å². The summed E-state index contributed by atoms with van der Waals surface area (Å²) in [6, 6.07) is 7.56. The van der Waals surface area contributed by atoms with Gasteiger partial charge in [0.15, 0.2) is 17.1 Å². The highest BCUT2D eigenvalue weighted by Crippen LogP contribution is 2.39. The Bertz CT molecular complexity index is 1000. The van der Waals surface area contributed by atoms with Gasteiger partial charge in [0.05, 0.1) is 7.11 Å². The molecule has 7 nitrogen and oxygen atoms in total. The van der Waals surface area contributed by atoms with Crippen LogP contribution in [-0.4, -0.2) is 71.8 Å². The largest absolute Gasteiger partial charge is 0.493 e. The third-order valence-corrected chi connectivity index (χ3v) is 6.13. The molecule has 1 unspecified atom stereocenters. The lowest BCUT2D eigenvalue weighted by molar-refractivity contribution is -0.192. The molecule has 1 spiro atoms. The van der Waals surface area contributed by atoms with Crippen LogP contribution in [0.15, 0.2) is 28.7 Å². The van der Waals surface area contributed by atoms with Crippen LogP contribution in [0, 0.1) is 5.92 Å². The quantitative estimate of drug-likeness (QED) is 0.713. The van der Waals surface area contributed by atoms with E-state index in [0.29, 0.717) is 23.0 Å². The lowest BCUT2D eigenvalue weighted by atomic mass is 9.77. The molecule has 0 aliphatic carbocycles. The van der Waals surface area contributed by atoms with Gasteiger partial charge in [-0.25, -0.2) is 4.79 Å². The number of nitrogens with zero attached hydrogens (tertiary/aromatic N) is 2. The Morgan fingerprint density at radius 3 is 2.48 bits per heavy atom. The van der Waals surface area contributed by atoms with E-state index in [9.17, 15) is 18.0 Å². The van der Waals surface area contributed by atoms with Gasteiger partial charge < -0.3 is 19.2 Å². The second kappa shape index (κ2) is 9.62. The monoisotopic (exact) mass is 470 g/mol. The second-order valence-corrected chi connectivity index (χ2v) is 8.94. The maximum atomic E-state index is 13.1. The molecule has 2 aliphatic heterocycles. The van der Waals surface area contributed by atoms with Crippen molar-refractivity contribution in [1.82, 2.24) is 9.80 Å².